The Bertz CT molecular complexity index is 1240. The maximum atomic E-state index is 12.5. The first kappa shape index (κ1) is 22.0. The number of ether oxygens (including phenoxy) is 2. The molecule has 0 saturated heterocycles. The highest BCUT2D eigenvalue weighted by Crippen LogP contribution is 2.40. The standard InChI is InChI=1S/C29H26N2O3P/c32-35-29(21-9-5-11-25(15-21)30-17-23-7-1-3-13-27(23)33-19-30)22-10-6-12-26(16-22)31-18-24-8-2-4-14-28(24)34-20-31/h1-16,29,35H,17-20H2/q-1. The van der Waals surface area contributed by atoms with Crippen molar-refractivity contribution in [1.29, 1.82) is 0 Å². The van der Waals surface area contributed by atoms with Crippen LogP contribution in [0.5, 0.6) is 11.5 Å². The van der Waals surface area contributed by atoms with E-state index in [9.17, 15) is 4.89 Å². The number of hydrogen-bond acceptors (Lipinski definition) is 5. The lowest BCUT2D eigenvalue weighted by atomic mass is 10.0. The summed E-state index contributed by atoms with van der Waals surface area (Å²) >= 11 is 0. The maximum absolute atomic E-state index is 12.5. The summed E-state index contributed by atoms with van der Waals surface area (Å²) in [7, 11) is -0.494. The third-order valence-corrected chi connectivity index (χ3v) is 7.58. The molecule has 0 fully saturated rings. The molecule has 176 valence electrons. The first-order valence-electron chi connectivity index (χ1n) is 11.8. The van der Waals surface area contributed by atoms with Crippen LogP contribution in [-0.2, 0) is 13.1 Å². The molecule has 0 aliphatic carbocycles. The molecule has 0 N–H and O–H groups in total. The molecule has 2 heterocycles. The number of rotatable bonds is 5. The summed E-state index contributed by atoms with van der Waals surface area (Å²) < 4.78 is 11.9. The number of hydrogen-bond donors (Lipinski definition) is 0. The van der Waals surface area contributed by atoms with Gasteiger partial charge in [0.05, 0.1) is 0 Å². The van der Waals surface area contributed by atoms with E-state index >= 15 is 0 Å². The summed E-state index contributed by atoms with van der Waals surface area (Å²) in [5.41, 5.74) is 6.34. The fraction of sp³-hybridized carbons (Fsp3) is 0.172. The molecule has 6 rings (SSSR count). The lowest BCUT2D eigenvalue weighted by molar-refractivity contribution is -0.151. The summed E-state index contributed by atoms with van der Waals surface area (Å²) in [5, 5.41) is 0. The Morgan fingerprint density at radius 3 is 1.60 bits per heavy atom. The van der Waals surface area contributed by atoms with E-state index in [1.54, 1.807) is 0 Å². The van der Waals surface area contributed by atoms with E-state index in [2.05, 4.69) is 58.3 Å². The number of fused-ring (bicyclic) bond motifs is 2. The first-order chi connectivity index (χ1) is 17.3. The van der Waals surface area contributed by atoms with Crippen molar-refractivity contribution in [3.8, 4) is 11.5 Å². The van der Waals surface area contributed by atoms with E-state index in [1.807, 2.05) is 48.5 Å². The first-order valence-corrected chi connectivity index (χ1v) is 12.8. The number of nitrogens with zero attached hydrogens (tertiary/aromatic N) is 2. The highest BCUT2D eigenvalue weighted by molar-refractivity contribution is 7.30. The summed E-state index contributed by atoms with van der Waals surface area (Å²) in [5.74, 6) is 1.89. The van der Waals surface area contributed by atoms with Crippen molar-refractivity contribution < 1.29 is 14.4 Å². The van der Waals surface area contributed by atoms with Crippen molar-refractivity contribution in [3.63, 3.8) is 0 Å². The average molecular weight is 482 g/mol. The number of anilines is 2. The van der Waals surface area contributed by atoms with Crippen LogP contribution in [-0.4, -0.2) is 13.5 Å². The van der Waals surface area contributed by atoms with Crippen LogP contribution in [0, 0.1) is 0 Å². The van der Waals surface area contributed by atoms with Crippen molar-refractivity contribution in [2.75, 3.05) is 23.3 Å². The monoisotopic (exact) mass is 481 g/mol. The third-order valence-electron chi connectivity index (χ3n) is 6.67. The van der Waals surface area contributed by atoms with Gasteiger partial charge in [-0.1, -0.05) is 60.7 Å². The van der Waals surface area contributed by atoms with Crippen LogP contribution in [0.3, 0.4) is 0 Å². The van der Waals surface area contributed by atoms with Gasteiger partial charge >= 0.3 is 0 Å². The Morgan fingerprint density at radius 2 is 1.11 bits per heavy atom. The minimum atomic E-state index is -0.494. The van der Waals surface area contributed by atoms with Crippen LogP contribution >= 0.6 is 8.81 Å². The molecular weight excluding hydrogens is 455 g/mol. The quantitative estimate of drug-likeness (QED) is 0.355. The molecule has 2 aliphatic rings. The molecule has 0 amide bonds. The Morgan fingerprint density at radius 1 is 0.629 bits per heavy atom. The molecule has 0 spiro atoms. The normalized spacial score (nSPS) is 15.0. The van der Waals surface area contributed by atoms with Gasteiger partial charge in [-0.3, -0.25) is 0 Å². The highest BCUT2D eigenvalue weighted by Gasteiger charge is 2.20. The van der Waals surface area contributed by atoms with Gasteiger partial charge in [-0.15, -0.1) is 0 Å². The van der Waals surface area contributed by atoms with Crippen LogP contribution < -0.4 is 24.2 Å². The fourth-order valence-electron chi connectivity index (χ4n) is 4.81. The minimum absolute atomic E-state index is 0.203. The molecule has 35 heavy (non-hydrogen) atoms. The van der Waals surface area contributed by atoms with Crippen molar-refractivity contribution in [3.05, 3.63) is 119 Å². The summed E-state index contributed by atoms with van der Waals surface area (Å²) in [6, 6.07) is 32.9. The van der Waals surface area contributed by atoms with Gasteiger partial charge in [0.25, 0.3) is 0 Å². The van der Waals surface area contributed by atoms with E-state index in [4.69, 9.17) is 9.47 Å². The zero-order valence-electron chi connectivity index (χ0n) is 19.3. The molecule has 4 aromatic rings. The molecular formula is C29H26N2O3P-. The van der Waals surface area contributed by atoms with E-state index in [-0.39, 0.29) is 5.66 Å². The maximum Gasteiger partial charge on any atom is 0.161 e. The van der Waals surface area contributed by atoms with Gasteiger partial charge in [0.1, 0.15) is 11.5 Å². The van der Waals surface area contributed by atoms with Crippen molar-refractivity contribution >= 4 is 20.2 Å². The van der Waals surface area contributed by atoms with Crippen molar-refractivity contribution in [1.82, 2.24) is 0 Å². The summed E-state index contributed by atoms with van der Waals surface area (Å²) in [6.07, 6.45) is 0. The van der Waals surface area contributed by atoms with Gasteiger partial charge in [0.2, 0.25) is 0 Å². The fourth-order valence-corrected chi connectivity index (χ4v) is 5.44. The minimum Gasteiger partial charge on any atom is -0.831 e. The van der Waals surface area contributed by atoms with Gasteiger partial charge in [0.15, 0.2) is 13.5 Å². The molecule has 0 bridgehead atoms. The molecule has 6 heteroatoms. The van der Waals surface area contributed by atoms with E-state index in [0.29, 0.717) is 13.5 Å². The lowest BCUT2D eigenvalue weighted by Gasteiger charge is -2.32. The van der Waals surface area contributed by atoms with Crippen molar-refractivity contribution in [2.24, 2.45) is 0 Å². The number of para-hydroxylation sites is 2. The Hall–Kier alpha value is -3.53. The summed E-state index contributed by atoms with van der Waals surface area (Å²) in [6.45, 7) is 2.57. The molecule has 5 nitrogen and oxygen atoms in total. The van der Waals surface area contributed by atoms with Gasteiger partial charge in [-0.25, -0.2) is 8.81 Å². The van der Waals surface area contributed by atoms with Crippen LogP contribution in [0.1, 0.15) is 27.9 Å². The van der Waals surface area contributed by atoms with Gasteiger partial charge in [-0.05, 0) is 47.5 Å². The van der Waals surface area contributed by atoms with E-state index in [0.717, 1.165) is 47.1 Å². The zero-order chi connectivity index (χ0) is 23.6. The lowest BCUT2D eigenvalue weighted by Crippen LogP contribution is -2.32. The summed E-state index contributed by atoms with van der Waals surface area (Å²) in [4.78, 5) is 16.9. The van der Waals surface area contributed by atoms with Gasteiger partial charge < -0.3 is 24.2 Å². The molecule has 1 unspecified atom stereocenters. The predicted octanol–water partition coefficient (Wildman–Crippen LogP) is 5.44. The molecule has 0 aromatic heterocycles. The van der Waals surface area contributed by atoms with Crippen LogP contribution in [0.4, 0.5) is 11.4 Å². The Kier molecular flexibility index (Phi) is 6.03. The largest absolute Gasteiger partial charge is 0.831 e. The second-order valence-corrected chi connectivity index (χ2v) is 9.71. The third kappa shape index (κ3) is 4.45. The highest BCUT2D eigenvalue weighted by atomic mass is 31.1. The molecule has 4 aromatic carbocycles. The molecule has 2 aliphatic heterocycles. The molecule has 1 atom stereocenters. The average Bonchev–Trinajstić information content (AvgIpc) is 2.93. The Balaban J connectivity index is 1.25. The van der Waals surface area contributed by atoms with Gasteiger partial charge in [0, 0.05) is 41.3 Å². The van der Waals surface area contributed by atoms with E-state index in [1.165, 1.54) is 11.1 Å². The number of benzene rings is 4. The SMILES string of the molecule is [O-]PC(c1cccc(N2COc3ccccc3C2)c1)c1cccc(N2COc3ccccc3C2)c1. The second-order valence-electron chi connectivity index (χ2n) is 8.90. The Labute approximate surface area is 207 Å². The smallest absolute Gasteiger partial charge is 0.161 e. The van der Waals surface area contributed by atoms with Crippen molar-refractivity contribution in [2.45, 2.75) is 18.7 Å². The van der Waals surface area contributed by atoms with Crippen LogP contribution in [0.25, 0.3) is 0 Å². The molecule has 0 radical (unpaired) electrons. The zero-order valence-corrected chi connectivity index (χ0v) is 20.3. The van der Waals surface area contributed by atoms with E-state index < -0.39 is 8.81 Å². The topological polar surface area (TPSA) is 48.0 Å². The predicted molar refractivity (Wildman–Crippen MR) is 139 cm³/mol. The second kappa shape index (κ2) is 9.61. The van der Waals surface area contributed by atoms with Crippen LogP contribution in [0.15, 0.2) is 97.1 Å². The van der Waals surface area contributed by atoms with Gasteiger partial charge in [-0.2, -0.15) is 0 Å². The molecule has 0 saturated carbocycles. The van der Waals surface area contributed by atoms with Crippen LogP contribution in [0.2, 0.25) is 0 Å².